The molecule has 0 spiro atoms. The predicted molar refractivity (Wildman–Crippen MR) is 51.7 cm³/mol. The largest absolute Gasteiger partial charge is 0.492 e. The Balaban J connectivity index is 2.30. The Hall–Kier alpha value is -1.51. The number of carbonyl (C=O) groups is 1. The molecule has 0 aromatic heterocycles. The van der Waals surface area contributed by atoms with Crippen LogP contribution in [0.1, 0.15) is 23.5 Å². The number of carboxylic acids is 1. The minimum atomic E-state index is -0.770. The van der Waals surface area contributed by atoms with Crippen LogP contribution in [0.25, 0.3) is 0 Å². The van der Waals surface area contributed by atoms with Crippen molar-refractivity contribution >= 4 is 5.97 Å². The number of ether oxygens (including phenoxy) is 1. The van der Waals surface area contributed by atoms with Crippen molar-refractivity contribution in [3.05, 3.63) is 29.3 Å². The summed E-state index contributed by atoms with van der Waals surface area (Å²) in [6, 6.07) is 5.86. The maximum absolute atomic E-state index is 10.6. The number of hydrogen-bond donors (Lipinski definition) is 1. The van der Waals surface area contributed by atoms with Crippen molar-refractivity contribution < 1.29 is 14.6 Å². The molecule has 0 bridgehead atoms. The van der Waals surface area contributed by atoms with E-state index in [1.807, 2.05) is 25.1 Å². The minimum Gasteiger partial charge on any atom is -0.492 e. The molecule has 1 N–H and O–H groups in total. The molecule has 1 atom stereocenters. The molecule has 14 heavy (non-hydrogen) atoms. The predicted octanol–water partition coefficient (Wildman–Crippen LogP) is 1.95. The molecular formula is C11H12O3. The molecule has 1 aromatic carbocycles. The van der Waals surface area contributed by atoms with Crippen LogP contribution in [0.4, 0.5) is 0 Å². The molecule has 3 nitrogen and oxygen atoms in total. The fourth-order valence-electron chi connectivity index (χ4n) is 1.85. The molecule has 1 unspecified atom stereocenters. The van der Waals surface area contributed by atoms with Crippen molar-refractivity contribution in [3.8, 4) is 5.75 Å². The zero-order valence-corrected chi connectivity index (χ0v) is 7.99. The highest BCUT2D eigenvalue weighted by Crippen LogP contribution is 2.37. The van der Waals surface area contributed by atoms with Crippen LogP contribution in [0.5, 0.6) is 5.75 Å². The van der Waals surface area contributed by atoms with Crippen molar-refractivity contribution in [1.82, 2.24) is 0 Å². The fourth-order valence-corrected chi connectivity index (χ4v) is 1.85. The summed E-state index contributed by atoms with van der Waals surface area (Å²) in [6.07, 6.45) is 0.149. The summed E-state index contributed by atoms with van der Waals surface area (Å²) >= 11 is 0. The van der Waals surface area contributed by atoms with Gasteiger partial charge < -0.3 is 9.84 Å². The van der Waals surface area contributed by atoms with E-state index in [1.165, 1.54) is 0 Å². The van der Waals surface area contributed by atoms with Crippen LogP contribution in [-0.2, 0) is 4.79 Å². The lowest BCUT2D eigenvalue weighted by Gasteiger charge is -2.04. The zero-order valence-electron chi connectivity index (χ0n) is 7.99. The Bertz CT molecular complexity index is 371. The van der Waals surface area contributed by atoms with Gasteiger partial charge in [-0.25, -0.2) is 0 Å². The van der Waals surface area contributed by atoms with Gasteiger partial charge in [-0.2, -0.15) is 0 Å². The smallest absolute Gasteiger partial charge is 0.304 e. The van der Waals surface area contributed by atoms with Gasteiger partial charge in [0.25, 0.3) is 0 Å². The molecule has 0 radical (unpaired) electrons. The van der Waals surface area contributed by atoms with Gasteiger partial charge >= 0.3 is 5.97 Å². The van der Waals surface area contributed by atoms with Crippen molar-refractivity contribution in [1.29, 1.82) is 0 Å². The van der Waals surface area contributed by atoms with E-state index in [0.717, 1.165) is 16.9 Å². The third-order valence-electron chi connectivity index (χ3n) is 2.53. The minimum absolute atomic E-state index is 0.0161. The van der Waals surface area contributed by atoms with Crippen molar-refractivity contribution in [2.45, 2.75) is 19.3 Å². The molecule has 0 saturated heterocycles. The van der Waals surface area contributed by atoms with Crippen LogP contribution in [0.15, 0.2) is 18.2 Å². The fraction of sp³-hybridized carbons (Fsp3) is 0.364. The van der Waals surface area contributed by atoms with E-state index in [4.69, 9.17) is 9.84 Å². The Kier molecular flexibility index (Phi) is 2.15. The van der Waals surface area contributed by atoms with Gasteiger partial charge in [-0.15, -0.1) is 0 Å². The topological polar surface area (TPSA) is 46.5 Å². The second-order valence-corrected chi connectivity index (χ2v) is 3.60. The normalized spacial score (nSPS) is 18.8. The Morgan fingerprint density at radius 2 is 2.43 bits per heavy atom. The molecule has 0 saturated carbocycles. The van der Waals surface area contributed by atoms with Crippen LogP contribution >= 0.6 is 0 Å². The Morgan fingerprint density at radius 1 is 1.64 bits per heavy atom. The summed E-state index contributed by atoms with van der Waals surface area (Å²) in [5, 5.41) is 8.71. The lowest BCUT2D eigenvalue weighted by atomic mass is 9.96. The van der Waals surface area contributed by atoms with E-state index >= 15 is 0 Å². The number of rotatable bonds is 2. The van der Waals surface area contributed by atoms with Gasteiger partial charge in [0.1, 0.15) is 5.75 Å². The highest BCUT2D eigenvalue weighted by molar-refractivity contribution is 5.68. The molecule has 1 heterocycles. The number of carboxylic acid groups (broad SMARTS) is 1. The van der Waals surface area contributed by atoms with Gasteiger partial charge in [0, 0.05) is 11.5 Å². The maximum Gasteiger partial charge on any atom is 0.304 e. The molecule has 3 heteroatoms. The van der Waals surface area contributed by atoms with Crippen LogP contribution < -0.4 is 4.74 Å². The number of aliphatic carboxylic acids is 1. The first-order valence-corrected chi connectivity index (χ1v) is 4.62. The lowest BCUT2D eigenvalue weighted by molar-refractivity contribution is -0.137. The first-order valence-electron chi connectivity index (χ1n) is 4.62. The third-order valence-corrected chi connectivity index (χ3v) is 2.53. The number of hydrogen-bond acceptors (Lipinski definition) is 2. The van der Waals surface area contributed by atoms with Crippen molar-refractivity contribution in [2.75, 3.05) is 6.61 Å². The molecule has 2 rings (SSSR count). The molecule has 0 fully saturated rings. The quantitative estimate of drug-likeness (QED) is 0.779. The summed E-state index contributed by atoms with van der Waals surface area (Å²) < 4.78 is 5.48. The summed E-state index contributed by atoms with van der Waals surface area (Å²) in [7, 11) is 0. The monoisotopic (exact) mass is 192 g/mol. The van der Waals surface area contributed by atoms with Crippen LogP contribution in [0, 0.1) is 6.92 Å². The van der Waals surface area contributed by atoms with Crippen LogP contribution in [0.3, 0.4) is 0 Å². The average Bonchev–Trinajstić information content (AvgIpc) is 2.49. The number of aryl methyl sites for hydroxylation is 1. The zero-order chi connectivity index (χ0) is 10.1. The van der Waals surface area contributed by atoms with Crippen LogP contribution in [-0.4, -0.2) is 17.7 Å². The number of para-hydroxylation sites is 1. The highest BCUT2D eigenvalue weighted by atomic mass is 16.5. The van der Waals surface area contributed by atoms with Gasteiger partial charge in [-0.05, 0) is 12.5 Å². The molecule has 1 aromatic rings. The summed E-state index contributed by atoms with van der Waals surface area (Å²) in [5.41, 5.74) is 2.11. The maximum atomic E-state index is 10.6. The third kappa shape index (κ3) is 1.45. The molecule has 0 aliphatic carbocycles. The van der Waals surface area contributed by atoms with Gasteiger partial charge in [-0.1, -0.05) is 18.2 Å². The average molecular weight is 192 g/mol. The van der Waals surface area contributed by atoms with Crippen molar-refractivity contribution in [3.63, 3.8) is 0 Å². The molecule has 1 aliphatic rings. The van der Waals surface area contributed by atoms with E-state index in [-0.39, 0.29) is 12.3 Å². The van der Waals surface area contributed by atoms with E-state index < -0.39 is 5.97 Å². The van der Waals surface area contributed by atoms with E-state index in [9.17, 15) is 4.79 Å². The number of benzene rings is 1. The standard InChI is InChI=1S/C11H12O3/c1-7-3-2-4-9-8(5-10(12)13)6-14-11(7)9/h2-4,8H,5-6H2,1H3,(H,12,13). The van der Waals surface area contributed by atoms with E-state index in [2.05, 4.69) is 0 Å². The van der Waals surface area contributed by atoms with Crippen molar-refractivity contribution in [2.24, 2.45) is 0 Å². The Morgan fingerprint density at radius 3 is 3.14 bits per heavy atom. The molecular weight excluding hydrogens is 180 g/mol. The summed E-state index contributed by atoms with van der Waals surface area (Å²) in [6.45, 7) is 2.47. The molecule has 74 valence electrons. The first kappa shape index (κ1) is 9.06. The van der Waals surface area contributed by atoms with Gasteiger partial charge in [0.2, 0.25) is 0 Å². The molecule has 0 amide bonds. The second kappa shape index (κ2) is 3.33. The SMILES string of the molecule is Cc1cccc2c1OCC2CC(=O)O. The first-order chi connectivity index (χ1) is 6.68. The number of fused-ring (bicyclic) bond motifs is 1. The second-order valence-electron chi connectivity index (χ2n) is 3.60. The van der Waals surface area contributed by atoms with Crippen LogP contribution in [0.2, 0.25) is 0 Å². The van der Waals surface area contributed by atoms with Gasteiger partial charge in [-0.3, -0.25) is 4.79 Å². The van der Waals surface area contributed by atoms with Gasteiger partial charge in [0.05, 0.1) is 13.0 Å². The Labute approximate surface area is 82.3 Å². The summed E-state index contributed by atoms with van der Waals surface area (Å²) in [5.74, 6) is 0.120. The van der Waals surface area contributed by atoms with E-state index in [1.54, 1.807) is 0 Å². The summed E-state index contributed by atoms with van der Waals surface area (Å²) in [4.78, 5) is 10.6. The van der Waals surface area contributed by atoms with E-state index in [0.29, 0.717) is 6.61 Å². The lowest BCUT2D eigenvalue weighted by Crippen LogP contribution is -2.07. The van der Waals surface area contributed by atoms with Gasteiger partial charge in [0.15, 0.2) is 0 Å². The molecule has 1 aliphatic heterocycles. The highest BCUT2D eigenvalue weighted by Gasteiger charge is 2.26.